The third-order valence-corrected chi connectivity index (χ3v) is 3.87. The van der Waals surface area contributed by atoms with Gasteiger partial charge in [0.25, 0.3) is 0 Å². The molecule has 0 amide bonds. The van der Waals surface area contributed by atoms with Gasteiger partial charge in [0.2, 0.25) is 0 Å². The zero-order valence-corrected chi connectivity index (χ0v) is 12.6. The van der Waals surface area contributed by atoms with Crippen LogP contribution in [0, 0.1) is 0 Å². The predicted molar refractivity (Wildman–Crippen MR) is 85.0 cm³/mol. The van der Waals surface area contributed by atoms with Gasteiger partial charge in [0, 0.05) is 18.5 Å². The van der Waals surface area contributed by atoms with E-state index in [0.29, 0.717) is 0 Å². The molecule has 0 saturated carbocycles. The van der Waals surface area contributed by atoms with Crippen LogP contribution in [0.2, 0.25) is 0 Å². The molecule has 1 heterocycles. The molecule has 0 saturated heterocycles. The number of nitrogens with one attached hydrogen (secondary N) is 1. The highest BCUT2D eigenvalue weighted by atomic mass is 16.5. The van der Waals surface area contributed by atoms with E-state index < -0.39 is 0 Å². The molecule has 1 aliphatic rings. The molecule has 0 atom stereocenters. The molecule has 0 aromatic heterocycles. The third-order valence-electron chi connectivity index (χ3n) is 3.87. The fourth-order valence-electron chi connectivity index (χ4n) is 2.72. The second-order valence-corrected chi connectivity index (χ2v) is 5.23. The van der Waals surface area contributed by atoms with Crippen LogP contribution in [0.1, 0.15) is 18.1 Å². The number of methoxy groups -OCH3 is 1. The SMILES string of the molecule is CCNCc1cc(-c2ccc3c(c2)CCO3)ccc1OC. The maximum Gasteiger partial charge on any atom is 0.123 e. The average Bonchev–Trinajstić information content (AvgIpc) is 3.00. The lowest BCUT2D eigenvalue weighted by atomic mass is 9.99. The second-order valence-electron chi connectivity index (χ2n) is 5.23. The fraction of sp³-hybridized carbons (Fsp3) is 0.333. The Balaban J connectivity index is 1.94. The molecule has 1 N–H and O–H groups in total. The Morgan fingerprint density at radius 2 is 1.95 bits per heavy atom. The van der Waals surface area contributed by atoms with Crippen molar-refractivity contribution in [2.24, 2.45) is 0 Å². The Morgan fingerprint density at radius 3 is 2.76 bits per heavy atom. The van der Waals surface area contributed by atoms with E-state index in [2.05, 4.69) is 42.6 Å². The smallest absolute Gasteiger partial charge is 0.123 e. The van der Waals surface area contributed by atoms with Crippen LogP contribution < -0.4 is 14.8 Å². The van der Waals surface area contributed by atoms with Crippen LogP contribution in [0.15, 0.2) is 36.4 Å². The summed E-state index contributed by atoms with van der Waals surface area (Å²) in [7, 11) is 1.72. The first-order valence-electron chi connectivity index (χ1n) is 7.45. The summed E-state index contributed by atoms with van der Waals surface area (Å²) < 4.78 is 11.0. The monoisotopic (exact) mass is 283 g/mol. The Labute approximate surface area is 125 Å². The standard InChI is InChI=1S/C18H21NO2/c1-3-19-12-16-11-14(4-6-17(16)20-2)13-5-7-18-15(10-13)8-9-21-18/h4-7,10-11,19H,3,8-9,12H2,1-2H3. The second kappa shape index (κ2) is 6.19. The lowest BCUT2D eigenvalue weighted by molar-refractivity contribution is 0.357. The van der Waals surface area contributed by atoms with Crippen LogP contribution in [0.4, 0.5) is 0 Å². The van der Waals surface area contributed by atoms with Gasteiger partial charge in [0.05, 0.1) is 13.7 Å². The van der Waals surface area contributed by atoms with Crippen molar-refractivity contribution in [3.63, 3.8) is 0 Å². The molecule has 0 aliphatic carbocycles. The van der Waals surface area contributed by atoms with E-state index in [0.717, 1.165) is 37.6 Å². The van der Waals surface area contributed by atoms with E-state index in [1.54, 1.807) is 7.11 Å². The minimum absolute atomic E-state index is 0.799. The maximum absolute atomic E-state index is 5.57. The molecule has 0 bridgehead atoms. The summed E-state index contributed by atoms with van der Waals surface area (Å²) in [5, 5.41) is 3.36. The molecule has 0 spiro atoms. The van der Waals surface area contributed by atoms with Crippen molar-refractivity contribution in [1.82, 2.24) is 5.32 Å². The Hall–Kier alpha value is -2.00. The van der Waals surface area contributed by atoms with Gasteiger partial charge < -0.3 is 14.8 Å². The summed E-state index contributed by atoms with van der Waals surface area (Å²) in [5.41, 5.74) is 4.95. The first-order chi connectivity index (χ1) is 10.3. The largest absolute Gasteiger partial charge is 0.496 e. The van der Waals surface area contributed by atoms with Crippen molar-refractivity contribution >= 4 is 0 Å². The van der Waals surface area contributed by atoms with E-state index in [1.807, 2.05) is 6.07 Å². The molecule has 2 aromatic carbocycles. The molecular weight excluding hydrogens is 262 g/mol. The Bertz CT molecular complexity index is 637. The van der Waals surface area contributed by atoms with Gasteiger partial charge in [0.1, 0.15) is 11.5 Å². The van der Waals surface area contributed by atoms with Gasteiger partial charge in [-0.05, 0) is 47.5 Å². The van der Waals surface area contributed by atoms with E-state index in [9.17, 15) is 0 Å². The number of ether oxygens (including phenoxy) is 2. The number of hydrogen-bond acceptors (Lipinski definition) is 3. The number of benzene rings is 2. The van der Waals surface area contributed by atoms with Crippen molar-refractivity contribution < 1.29 is 9.47 Å². The van der Waals surface area contributed by atoms with Gasteiger partial charge in [-0.25, -0.2) is 0 Å². The molecule has 110 valence electrons. The first kappa shape index (κ1) is 14.0. The molecule has 3 nitrogen and oxygen atoms in total. The molecule has 3 heteroatoms. The van der Waals surface area contributed by atoms with Gasteiger partial charge in [0.15, 0.2) is 0 Å². The van der Waals surface area contributed by atoms with E-state index in [1.165, 1.54) is 22.3 Å². The molecule has 1 aliphatic heterocycles. The number of fused-ring (bicyclic) bond motifs is 1. The summed E-state index contributed by atoms with van der Waals surface area (Å²) in [4.78, 5) is 0. The maximum atomic E-state index is 5.57. The minimum atomic E-state index is 0.799. The first-order valence-corrected chi connectivity index (χ1v) is 7.45. The molecule has 0 fully saturated rings. The molecule has 2 aromatic rings. The van der Waals surface area contributed by atoms with Crippen molar-refractivity contribution in [3.05, 3.63) is 47.5 Å². The highest BCUT2D eigenvalue weighted by molar-refractivity contribution is 5.68. The highest BCUT2D eigenvalue weighted by Crippen LogP contribution is 2.32. The van der Waals surface area contributed by atoms with Crippen molar-refractivity contribution in [1.29, 1.82) is 0 Å². The van der Waals surface area contributed by atoms with Crippen LogP contribution in [-0.4, -0.2) is 20.3 Å². The minimum Gasteiger partial charge on any atom is -0.496 e. The van der Waals surface area contributed by atoms with Gasteiger partial charge in [-0.1, -0.05) is 19.1 Å². The third kappa shape index (κ3) is 2.88. The van der Waals surface area contributed by atoms with Crippen LogP contribution in [0.25, 0.3) is 11.1 Å². The number of hydrogen-bond donors (Lipinski definition) is 1. The van der Waals surface area contributed by atoms with Crippen LogP contribution in [-0.2, 0) is 13.0 Å². The molecular formula is C18H21NO2. The summed E-state index contributed by atoms with van der Waals surface area (Å²) in [6.07, 6.45) is 1.00. The van der Waals surface area contributed by atoms with Gasteiger partial charge >= 0.3 is 0 Å². The lowest BCUT2D eigenvalue weighted by Gasteiger charge is -2.12. The zero-order valence-electron chi connectivity index (χ0n) is 12.6. The topological polar surface area (TPSA) is 30.5 Å². The molecule has 3 rings (SSSR count). The van der Waals surface area contributed by atoms with Crippen LogP contribution in [0.5, 0.6) is 11.5 Å². The van der Waals surface area contributed by atoms with E-state index in [-0.39, 0.29) is 0 Å². The normalized spacial score (nSPS) is 12.9. The van der Waals surface area contributed by atoms with Crippen LogP contribution >= 0.6 is 0 Å². The molecule has 0 radical (unpaired) electrons. The van der Waals surface area contributed by atoms with Gasteiger partial charge in [-0.3, -0.25) is 0 Å². The fourth-order valence-corrected chi connectivity index (χ4v) is 2.72. The number of rotatable bonds is 5. The van der Waals surface area contributed by atoms with Crippen molar-refractivity contribution in [2.75, 3.05) is 20.3 Å². The molecule has 0 unspecified atom stereocenters. The highest BCUT2D eigenvalue weighted by Gasteiger charge is 2.13. The van der Waals surface area contributed by atoms with Gasteiger partial charge in [-0.2, -0.15) is 0 Å². The summed E-state index contributed by atoms with van der Waals surface area (Å²) in [6, 6.07) is 12.8. The van der Waals surface area contributed by atoms with E-state index >= 15 is 0 Å². The van der Waals surface area contributed by atoms with Gasteiger partial charge in [-0.15, -0.1) is 0 Å². The van der Waals surface area contributed by atoms with Crippen LogP contribution in [0.3, 0.4) is 0 Å². The average molecular weight is 283 g/mol. The summed E-state index contributed by atoms with van der Waals surface area (Å²) in [5.74, 6) is 1.96. The zero-order chi connectivity index (χ0) is 14.7. The quantitative estimate of drug-likeness (QED) is 0.912. The Kier molecular flexibility index (Phi) is 4.11. The predicted octanol–water partition coefficient (Wildman–Crippen LogP) is 3.41. The van der Waals surface area contributed by atoms with Crippen molar-refractivity contribution in [2.45, 2.75) is 19.9 Å². The molecule has 21 heavy (non-hydrogen) atoms. The van der Waals surface area contributed by atoms with E-state index in [4.69, 9.17) is 9.47 Å². The summed E-state index contributed by atoms with van der Waals surface area (Å²) in [6.45, 7) is 4.68. The summed E-state index contributed by atoms with van der Waals surface area (Å²) >= 11 is 0. The lowest BCUT2D eigenvalue weighted by Crippen LogP contribution is -2.12. The Morgan fingerprint density at radius 1 is 1.14 bits per heavy atom. The van der Waals surface area contributed by atoms with Crippen molar-refractivity contribution in [3.8, 4) is 22.6 Å².